The van der Waals surface area contributed by atoms with Gasteiger partial charge in [0.2, 0.25) is 5.01 Å². The molecular formula is C14H18ClNO3S. The number of halogens is 1. The molecular weight excluding hydrogens is 298 g/mol. The number of nitrogens with zero attached hydrogens (tertiary/aromatic N) is 1. The minimum Gasteiger partial charge on any atom is -0.461 e. The van der Waals surface area contributed by atoms with Crippen molar-refractivity contribution in [3.05, 3.63) is 15.6 Å². The summed E-state index contributed by atoms with van der Waals surface area (Å²) in [6, 6.07) is 0. The van der Waals surface area contributed by atoms with Crippen molar-refractivity contribution < 1.29 is 14.3 Å². The second-order valence-corrected chi connectivity index (χ2v) is 6.40. The van der Waals surface area contributed by atoms with Gasteiger partial charge in [-0.05, 0) is 39.0 Å². The number of ketones is 1. The molecule has 0 spiro atoms. The molecule has 1 fully saturated rings. The number of rotatable bonds is 2. The van der Waals surface area contributed by atoms with E-state index in [9.17, 15) is 9.59 Å². The minimum atomic E-state index is -0.276. The number of carbonyl (C=O) groups is 2. The topological polar surface area (TPSA) is 56.3 Å². The van der Waals surface area contributed by atoms with Gasteiger partial charge in [0.05, 0.1) is 17.7 Å². The summed E-state index contributed by atoms with van der Waals surface area (Å²) in [5, 5.41) is 0.367. The van der Waals surface area contributed by atoms with Gasteiger partial charge in [0, 0.05) is 11.3 Å². The Morgan fingerprint density at radius 3 is 2.70 bits per heavy atom. The Morgan fingerprint density at radius 2 is 2.20 bits per heavy atom. The number of hydrogen-bond donors (Lipinski definition) is 0. The molecule has 1 heterocycles. The number of aryl methyl sites for hydroxylation is 2. The van der Waals surface area contributed by atoms with Crippen LogP contribution in [0.25, 0.3) is 0 Å². The van der Waals surface area contributed by atoms with Crippen molar-refractivity contribution in [2.24, 2.45) is 0 Å². The van der Waals surface area contributed by atoms with E-state index in [4.69, 9.17) is 16.3 Å². The van der Waals surface area contributed by atoms with Gasteiger partial charge in [-0.1, -0.05) is 0 Å². The molecule has 1 saturated carbocycles. The largest absolute Gasteiger partial charge is 0.461 e. The fourth-order valence-electron chi connectivity index (χ4n) is 2.24. The first-order chi connectivity index (χ1) is 9.61. The third-order valence-corrected chi connectivity index (χ3v) is 4.87. The number of thiazole rings is 1. The van der Waals surface area contributed by atoms with Crippen LogP contribution in [0.2, 0.25) is 0 Å². The van der Waals surface area contributed by atoms with E-state index in [1.807, 2.05) is 0 Å². The highest BCUT2D eigenvalue weighted by molar-refractivity contribution is 7.13. The lowest BCUT2D eigenvalue weighted by molar-refractivity contribution is -0.117. The summed E-state index contributed by atoms with van der Waals surface area (Å²) in [4.78, 5) is 27.2. The van der Waals surface area contributed by atoms with Gasteiger partial charge in [0.1, 0.15) is 0 Å². The Kier molecular flexibility index (Phi) is 5.54. The summed E-state index contributed by atoms with van der Waals surface area (Å²) in [6.45, 7) is 2.22. The van der Waals surface area contributed by atoms with Gasteiger partial charge in [-0.2, -0.15) is 0 Å². The van der Waals surface area contributed by atoms with Gasteiger partial charge in [-0.3, -0.25) is 4.79 Å². The quantitative estimate of drug-likeness (QED) is 0.621. The molecule has 0 aromatic carbocycles. The van der Waals surface area contributed by atoms with Crippen LogP contribution in [0.3, 0.4) is 0 Å². The van der Waals surface area contributed by atoms with Crippen molar-refractivity contribution in [2.75, 3.05) is 6.61 Å². The molecule has 2 aliphatic rings. The number of alkyl halides is 1. The first-order valence-electron chi connectivity index (χ1n) is 6.94. The maximum absolute atomic E-state index is 11.3. The third-order valence-electron chi connectivity index (χ3n) is 3.28. The van der Waals surface area contributed by atoms with E-state index in [0.717, 1.165) is 31.4 Å². The number of aromatic nitrogens is 1. The molecule has 0 N–H and O–H groups in total. The van der Waals surface area contributed by atoms with Crippen LogP contribution in [0.1, 0.15) is 53.0 Å². The molecule has 1 aromatic rings. The summed E-state index contributed by atoms with van der Waals surface area (Å²) in [5.41, 5.74) is 1.10. The molecule has 20 heavy (non-hydrogen) atoms. The van der Waals surface area contributed by atoms with Crippen LogP contribution >= 0.6 is 22.9 Å². The minimum absolute atomic E-state index is 0.153. The molecule has 1 aromatic heterocycles. The molecule has 0 radical (unpaired) electrons. The zero-order chi connectivity index (χ0) is 14.5. The predicted octanol–water partition coefficient (Wildman–Crippen LogP) is 3.16. The fourth-order valence-corrected chi connectivity index (χ4v) is 3.55. The monoisotopic (exact) mass is 315 g/mol. The first-order valence-corrected chi connectivity index (χ1v) is 8.19. The number of ether oxygens (including phenoxy) is 1. The molecule has 2 aliphatic carbocycles. The molecule has 0 amide bonds. The second kappa shape index (κ2) is 7.18. The third kappa shape index (κ3) is 3.79. The van der Waals surface area contributed by atoms with E-state index < -0.39 is 0 Å². The van der Waals surface area contributed by atoms with Crippen molar-refractivity contribution in [1.29, 1.82) is 0 Å². The molecule has 4 nitrogen and oxygen atoms in total. The van der Waals surface area contributed by atoms with E-state index in [1.54, 1.807) is 6.92 Å². The van der Waals surface area contributed by atoms with Gasteiger partial charge in [0.15, 0.2) is 5.78 Å². The first kappa shape index (κ1) is 15.4. The molecule has 1 atom stereocenters. The van der Waals surface area contributed by atoms with E-state index >= 15 is 0 Å². The lowest BCUT2D eigenvalue weighted by atomic mass is 10.3. The van der Waals surface area contributed by atoms with Crippen LogP contribution in [0.5, 0.6) is 0 Å². The van der Waals surface area contributed by atoms with Crippen molar-refractivity contribution in [2.45, 2.75) is 50.8 Å². The van der Waals surface area contributed by atoms with Crippen molar-refractivity contribution >= 4 is 34.7 Å². The van der Waals surface area contributed by atoms with Gasteiger partial charge in [-0.25, -0.2) is 9.78 Å². The van der Waals surface area contributed by atoms with E-state index in [2.05, 4.69) is 4.98 Å². The number of fused-ring (bicyclic) bond motifs is 1. The van der Waals surface area contributed by atoms with Gasteiger partial charge in [0.25, 0.3) is 0 Å². The van der Waals surface area contributed by atoms with E-state index in [0.29, 0.717) is 18.0 Å². The zero-order valence-corrected chi connectivity index (χ0v) is 13.1. The number of esters is 1. The molecule has 3 rings (SSSR count). The smallest absolute Gasteiger partial charge is 0.367 e. The van der Waals surface area contributed by atoms with Crippen LogP contribution in [0.4, 0.5) is 0 Å². The molecule has 0 bridgehead atoms. The molecule has 1 unspecified atom stereocenters. The van der Waals surface area contributed by atoms with Crippen molar-refractivity contribution in [3.63, 3.8) is 0 Å². The van der Waals surface area contributed by atoms with Crippen LogP contribution in [-0.2, 0) is 22.4 Å². The van der Waals surface area contributed by atoms with Crippen molar-refractivity contribution in [3.8, 4) is 0 Å². The summed E-state index contributed by atoms with van der Waals surface area (Å²) in [5.74, 6) is -0.0523. The summed E-state index contributed by atoms with van der Waals surface area (Å²) < 4.78 is 4.87. The SMILES string of the molecule is CCOC(=O)c1nc2c(s1)CCC2.O=C1CCCC1Cl. The van der Waals surface area contributed by atoms with Crippen LogP contribution in [0.15, 0.2) is 0 Å². The summed E-state index contributed by atoms with van der Waals surface area (Å²) >= 11 is 7.00. The Bertz CT molecular complexity index is 479. The van der Waals surface area contributed by atoms with Crippen LogP contribution in [0, 0.1) is 0 Å². The number of carbonyl (C=O) groups excluding carboxylic acids is 2. The molecule has 0 saturated heterocycles. The number of hydrogen-bond acceptors (Lipinski definition) is 5. The Morgan fingerprint density at radius 1 is 1.40 bits per heavy atom. The second-order valence-electron chi connectivity index (χ2n) is 4.79. The van der Waals surface area contributed by atoms with Crippen molar-refractivity contribution in [1.82, 2.24) is 4.98 Å². The molecule has 0 aliphatic heterocycles. The average molecular weight is 316 g/mol. The molecule has 110 valence electrons. The normalized spacial score (nSPS) is 20.3. The Balaban J connectivity index is 0.000000178. The standard InChI is InChI=1S/C9H11NO2S.C5H7ClO/c1-2-12-9(11)8-10-6-4-3-5-7(6)13-8;6-4-2-1-3-5(4)7/h2-5H2,1H3;4H,1-3H2. The highest BCUT2D eigenvalue weighted by Gasteiger charge is 2.21. The lowest BCUT2D eigenvalue weighted by Gasteiger charge is -1.95. The van der Waals surface area contributed by atoms with Gasteiger partial charge >= 0.3 is 5.97 Å². The van der Waals surface area contributed by atoms with E-state index in [-0.39, 0.29) is 17.1 Å². The van der Waals surface area contributed by atoms with Crippen LogP contribution in [-0.4, -0.2) is 28.7 Å². The fraction of sp³-hybridized carbons (Fsp3) is 0.643. The van der Waals surface area contributed by atoms with E-state index in [1.165, 1.54) is 22.6 Å². The Labute approximate surface area is 127 Å². The highest BCUT2D eigenvalue weighted by Crippen LogP contribution is 2.27. The number of Topliss-reactive ketones (excluding diaryl/α,β-unsaturated/α-hetero) is 1. The molecule has 6 heteroatoms. The summed E-state index contributed by atoms with van der Waals surface area (Å²) in [6.07, 6.45) is 5.86. The highest BCUT2D eigenvalue weighted by atomic mass is 35.5. The maximum Gasteiger partial charge on any atom is 0.367 e. The van der Waals surface area contributed by atoms with Gasteiger partial charge < -0.3 is 4.74 Å². The Hall–Kier alpha value is -0.940. The van der Waals surface area contributed by atoms with Crippen LogP contribution < -0.4 is 0 Å². The zero-order valence-electron chi connectivity index (χ0n) is 11.5. The maximum atomic E-state index is 11.3. The van der Waals surface area contributed by atoms with Gasteiger partial charge in [-0.15, -0.1) is 22.9 Å². The average Bonchev–Trinajstić information content (AvgIpc) is 3.07. The predicted molar refractivity (Wildman–Crippen MR) is 78.6 cm³/mol. The lowest BCUT2D eigenvalue weighted by Crippen LogP contribution is -2.04. The summed E-state index contributed by atoms with van der Waals surface area (Å²) in [7, 11) is 0.